The number of halogens is 1. The number of benzene rings is 1. The molecule has 0 unspecified atom stereocenters. The van der Waals surface area contributed by atoms with Crippen LogP contribution in [0.2, 0.25) is 0 Å². The smallest absolute Gasteiger partial charge is 0.127 e. The quantitative estimate of drug-likeness (QED) is 0.891. The number of nitrogens with zero attached hydrogens (tertiary/aromatic N) is 1. The Kier molecular flexibility index (Phi) is 4.46. The molecule has 0 aliphatic carbocycles. The maximum absolute atomic E-state index is 13.2. The highest BCUT2D eigenvalue weighted by Gasteiger charge is 2.30. The van der Waals surface area contributed by atoms with E-state index in [1.165, 1.54) is 31.7 Å². The molecule has 1 aliphatic heterocycles. The van der Waals surface area contributed by atoms with Crippen molar-refractivity contribution in [3.05, 3.63) is 29.6 Å². The minimum absolute atomic E-state index is 0.0171. The van der Waals surface area contributed by atoms with Crippen LogP contribution in [0.1, 0.15) is 45.1 Å². The minimum Gasteiger partial charge on any atom is -0.508 e. The van der Waals surface area contributed by atoms with Crippen LogP contribution in [0.15, 0.2) is 18.2 Å². The fourth-order valence-corrected chi connectivity index (χ4v) is 3.13. The van der Waals surface area contributed by atoms with Gasteiger partial charge in [0.25, 0.3) is 0 Å². The summed E-state index contributed by atoms with van der Waals surface area (Å²) in [5.41, 5.74) is 1.37. The van der Waals surface area contributed by atoms with Crippen molar-refractivity contribution in [3.8, 4) is 5.75 Å². The molecule has 1 aliphatic rings. The largest absolute Gasteiger partial charge is 0.508 e. The molecule has 0 atom stereocenters. The lowest BCUT2D eigenvalue weighted by molar-refractivity contribution is 0.0908. The van der Waals surface area contributed by atoms with Crippen molar-refractivity contribution in [2.45, 2.75) is 46.1 Å². The van der Waals surface area contributed by atoms with Gasteiger partial charge >= 0.3 is 0 Å². The molecule has 1 fully saturated rings. The van der Waals surface area contributed by atoms with E-state index >= 15 is 0 Å². The van der Waals surface area contributed by atoms with E-state index in [2.05, 4.69) is 18.7 Å². The zero-order chi connectivity index (χ0) is 13.9. The number of rotatable bonds is 4. The van der Waals surface area contributed by atoms with Crippen molar-refractivity contribution in [1.82, 2.24) is 4.90 Å². The Hall–Kier alpha value is -1.09. The summed E-state index contributed by atoms with van der Waals surface area (Å²) in [6.07, 6.45) is 4.94. The van der Waals surface area contributed by atoms with Gasteiger partial charge in [-0.15, -0.1) is 0 Å². The Bertz CT molecular complexity index is 399. The number of likely N-dealkylation sites (tertiary alicyclic amines) is 1. The Balaban J connectivity index is 1.95. The van der Waals surface area contributed by atoms with Crippen molar-refractivity contribution >= 4 is 0 Å². The van der Waals surface area contributed by atoms with E-state index in [0.717, 1.165) is 31.3 Å². The molecule has 0 radical (unpaired) electrons. The van der Waals surface area contributed by atoms with E-state index in [1.54, 1.807) is 6.07 Å². The van der Waals surface area contributed by atoms with Crippen molar-refractivity contribution in [3.63, 3.8) is 0 Å². The monoisotopic (exact) mass is 265 g/mol. The molecule has 106 valence electrons. The lowest BCUT2D eigenvalue weighted by Crippen LogP contribution is -2.39. The highest BCUT2D eigenvalue weighted by atomic mass is 19.1. The number of hydrogen-bond acceptors (Lipinski definition) is 2. The summed E-state index contributed by atoms with van der Waals surface area (Å²) in [5.74, 6) is -0.341. The first kappa shape index (κ1) is 14.3. The molecule has 1 heterocycles. The van der Waals surface area contributed by atoms with Gasteiger partial charge in [0, 0.05) is 12.6 Å². The maximum Gasteiger partial charge on any atom is 0.127 e. The summed E-state index contributed by atoms with van der Waals surface area (Å²) < 4.78 is 13.2. The van der Waals surface area contributed by atoms with Gasteiger partial charge in [-0.1, -0.05) is 26.7 Å². The van der Waals surface area contributed by atoms with Crippen molar-refractivity contribution in [2.24, 2.45) is 5.41 Å². The molecule has 2 nitrogen and oxygen atoms in total. The van der Waals surface area contributed by atoms with Crippen LogP contribution < -0.4 is 0 Å². The molecular weight excluding hydrogens is 241 g/mol. The Morgan fingerprint density at radius 1 is 1.16 bits per heavy atom. The molecule has 1 N–H and O–H groups in total. The van der Waals surface area contributed by atoms with E-state index in [9.17, 15) is 9.50 Å². The summed E-state index contributed by atoms with van der Waals surface area (Å²) in [4.78, 5) is 2.36. The summed E-state index contributed by atoms with van der Waals surface area (Å²) in [6, 6.07) is 4.32. The second kappa shape index (κ2) is 5.91. The van der Waals surface area contributed by atoms with Gasteiger partial charge < -0.3 is 5.11 Å². The predicted octanol–water partition coefficient (Wildman–Crippen LogP) is 3.93. The first-order valence-corrected chi connectivity index (χ1v) is 7.28. The summed E-state index contributed by atoms with van der Waals surface area (Å²) in [7, 11) is 0. The summed E-state index contributed by atoms with van der Waals surface area (Å²) in [6.45, 7) is 7.43. The predicted molar refractivity (Wildman–Crippen MR) is 75.6 cm³/mol. The van der Waals surface area contributed by atoms with Crippen molar-refractivity contribution < 1.29 is 9.50 Å². The SMILES string of the molecule is CCC1(CC)CCN(Cc2cc(O)cc(F)c2)CC1. The maximum atomic E-state index is 13.2. The van der Waals surface area contributed by atoms with Crippen molar-refractivity contribution in [1.29, 1.82) is 0 Å². The Labute approximate surface area is 115 Å². The first-order valence-electron chi connectivity index (χ1n) is 7.28. The van der Waals surface area contributed by atoms with E-state index in [-0.39, 0.29) is 11.6 Å². The molecule has 1 saturated heterocycles. The van der Waals surface area contributed by atoms with Gasteiger partial charge in [-0.3, -0.25) is 4.90 Å². The lowest BCUT2D eigenvalue weighted by atomic mass is 9.74. The van der Waals surface area contributed by atoms with Crippen LogP contribution in [0.3, 0.4) is 0 Å². The minimum atomic E-state index is -0.358. The summed E-state index contributed by atoms with van der Waals surface area (Å²) >= 11 is 0. The lowest BCUT2D eigenvalue weighted by Gasteiger charge is -2.41. The van der Waals surface area contributed by atoms with Crippen LogP contribution in [0.4, 0.5) is 4.39 Å². The molecule has 0 saturated carbocycles. The second-order valence-electron chi connectivity index (χ2n) is 5.80. The van der Waals surface area contributed by atoms with Gasteiger partial charge in [0.1, 0.15) is 11.6 Å². The average Bonchev–Trinajstić information content (AvgIpc) is 2.39. The molecule has 1 aromatic rings. The number of aromatic hydroxyl groups is 1. The molecule has 0 amide bonds. The molecule has 1 aromatic carbocycles. The molecule has 3 heteroatoms. The van der Waals surface area contributed by atoms with Gasteiger partial charge in [0.05, 0.1) is 0 Å². The molecular formula is C16H24FNO. The average molecular weight is 265 g/mol. The first-order chi connectivity index (χ1) is 9.07. The third kappa shape index (κ3) is 3.47. The van der Waals surface area contributed by atoms with Crippen LogP contribution in [0, 0.1) is 11.2 Å². The fraction of sp³-hybridized carbons (Fsp3) is 0.625. The second-order valence-corrected chi connectivity index (χ2v) is 5.80. The third-order valence-electron chi connectivity index (χ3n) is 4.77. The highest BCUT2D eigenvalue weighted by molar-refractivity contribution is 5.28. The topological polar surface area (TPSA) is 23.5 Å². The standard InChI is InChI=1S/C16H24FNO/c1-3-16(4-2)5-7-18(8-6-16)12-13-9-14(17)11-15(19)10-13/h9-11,19H,3-8,12H2,1-2H3. The van der Waals surface area contributed by atoms with Crippen molar-refractivity contribution in [2.75, 3.05) is 13.1 Å². The molecule has 2 rings (SSSR count). The van der Waals surface area contributed by atoms with Crippen LogP contribution in [0.25, 0.3) is 0 Å². The van der Waals surface area contributed by atoms with Gasteiger partial charge in [-0.05, 0) is 49.0 Å². The highest BCUT2D eigenvalue weighted by Crippen LogP contribution is 2.38. The van der Waals surface area contributed by atoms with Crippen LogP contribution in [-0.4, -0.2) is 23.1 Å². The van der Waals surface area contributed by atoms with Crippen LogP contribution in [0.5, 0.6) is 5.75 Å². The zero-order valence-electron chi connectivity index (χ0n) is 12.0. The van der Waals surface area contributed by atoms with Gasteiger partial charge in [-0.2, -0.15) is 0 Å². The van der Waals surface area contributed by atoms with Crippen LogP contribution >= 0.6 is 0 Å². The number of hydrogen-bond donors (Lipinski definition) is 1. The Morgan fingerprint density at radius 2 is 1.79 bits per heavy atom. The van der Waals surface area contributed by atoms with Gasteiger partial charge in [0.2, 0.25) is 0 Å². The van der Waals surface area contributed by atoms with E-state index < -0.39 is 0 Å². The third-order valence-corrected chi connectivity index (χ3v) is 4.77. The molecule has 0 spiro atoms. The van der Waals surface area contributed by atoms with Gasteiger partial charge in [-0.25, -0.2) is 4.39 Å². The van der Waals surface area contributed by atoms with E-state index in [4.69, 9.17) is 0 Å². The van der Waals surface area contributed by atoms with E-state index in [1.807, 2.05) is 0 Å². The molecule has 0 aromatic heterocycles. The van der Waals surface area contributed by atoms with Crippen LogP contribution in [-0.2, 0) is 6.54 Å². The summed E-state index contributed by atoms with van der Waals surface area (Å²) in [5, 5.41) is 9.42. The van der Waals surface area contributed by atoms with Gasteiger partial charge in [0.15, 0.2) is 0 Å². The van der Waals surface area contributed by atoms with E-state index in [0.29, 0.717) is 5.41 Å². The zero-order valence-corrected chi connectivity index (χ0v) is 12.0. The number of phenolic OH excluding ortho intramolecular Hbond substituents is 1. The number of phenols is 1. The normalized spacial score (nSPS) is 19.5. The number of piperidine rings is 1. The fourth-order valence-electron chi connectivity index (χ4n) is 3.13. The molecule has 19 heavy (non-hydrogen) atoms. The Morgan fingerprint density at radius 3 is 2.32 bits per heavy atom. The molecule has 0 bridgehead atoms.